The molecule has 0 saturated heterocycles. The molecule has 0 saturated carbocycles. The molecule has 6 nitrogen and oxygen atoms in total. The molecule has 3 rings (SSSR count). The van der Waals surface area contributed by atoms with Gasteiger partial charge in [0.2, 0.25) is 5.91 Å². The number of benzene rings is 2. The highest BCUT2D eigenvalue weighted by Crippen LogP contribution is 2.21. The largest absolute Gasteiger partial charge is 0.484 e. The van der Waals surface area contributed by atoms with Gasteiger partial charge in [-0.3, -0.25) is 20.4 Å². The second-order valence-corrected chi connectivity index (χ2v) is 6.24. The zero-order chi connectivity index (χ0) is 18.5. The molecule has 2 aromatic carbocycles. The first kappa shape index (κ1) is 17.8. The van der Waals surface area contributed by atoms with E-state index in [1.807, 2.05) is 31.2 Å². The minimum Gasteiger partial charge on any atom is -0.484 e. The van der Waals surface area contributed by atoms with E-state index in [2.05, 4.69) is 15.8 Å². The Morgan fingerprint density at radius 1 is 1.12 bits per heavy atom. The van der Waals surface area contributed by atoms with Crippen LogP contribution in [0.5, 0.6) is 5.75 Å². The maximum Gasteiger partial charge on any atom is 0.276 e. The van der Waals surface area contributed by atoms with Gasteiger partial charge in [0, 0.05) is 22.1 Å². The third-order valence-electron chi connectivity index (χ3n) is 3.87. The Balaban J connectivity index is 1.46. The van der Waals surface area contributed by atoms with E-state index in [-0.39, 0.29) is 18.9 Å². The molecule has 0 aliphatic carbocycles. The summed E-state index contributed by atoms with van der Waals surface area (Å²) in [5.74, 6) is -0.234. The van der Waals surface area contributed by atoms with Crippen molar-refractivity contribution < 1.29 is 14.3 Å². The van der Waals surface area contributed by atoms with E-state index in [9.17, 15) is 9.59 Å². The molecule has 0 aliphatic heterocycles. The fourth-order valence-electron chi connectivity index (χ4n) is 2.53. The van der Waals surface area contributed by atoms with Crippen LogP contribution in [0.2, 0.25) is 5.02 Å². The molecule has 0 bridgehead atoms. The summed E-state index contributed by atoms with van der Waals surface area (Å²) in [6.45, 7) is 1.63. The number of carbonyl (C=O) groups excluding carboxylic acids is 2. The summed E-state index contributed by atoms with van der Waals surface area (Å²) in [5, 5.41) is 1.61. The SMILES string of the molecule is Cc1cc(OCC(=O)NNC(=O)Cc2c[nH]c3ccccc23)ccc1Cl. The van der Waals surface area contributed by atoms with Crippen molar-refractivity contribution in [3.8, 4) is 5.75 Å². The van der Waals surface area contributed by atoms with Crippen molar-refractivity contribution in [3.05, 3.63) is 64.8 Å². The van der Waals surface area contributed by atoms with E-state index in [4.69, 9.17) is 16.3 Å². The van der Waals surface area contributed by atoms with Crippen molar-refractivity contribution in [1.82, 2.24) is 15.8 Å². The molecule has 3 aromatic rings. The summed E-state index contributed by atoms with van der Waals surface area (Å²) in [7, 11) is 0. The Labute approximate surface area is 155 Å². The number of aryl methyl sites for hydroxylation is 1. The molecule has 2 amide bonds. The first-order valence-corrected chi connectivity index (χ1v) is 8.42. The summed E-state index contributed by atoms with van der Waals surface area (Å²) in [5.41, 5.74) is 7.41. The lowest BCUT2D eigenvalue weighted by atomic mass is 10.1. The number of nitrogens with one attached hydrogen (secondary N) is 3. The lowest BCUT2D eigenvalue weighted by Gasteiger charge is -2.09. The van der Waals surface area contributed by atoms with Crippen molar-refractivity contribution >= 4 is 34.3 Å². The topological polar surface area (TPSA) is 83.2 Å². The van der Waals surface area contributed by atoms with Gasteiger partial charge in [0.15, 0.2) is 6.61 Å². The number of aromatic amines is 1. The molecule has 134 valence electrons. The molecule has 0 spiro atoms. The van der Waals surface area contributed by atoms with Gasteiger partial charge in [-0.05, 0) is 42.3 Å². The molecule has 1 heterocycles. The molecular formula is C19H18ClN3O3. The van der Waals surface area contributed by atoms with Crippen LogP contribution in [0.4, 0.5) is 0 Å². The predicted molar refractivity (Wildman–Crippen MR) is 100.0 cm³/mol. The summed E-state index contributed by atoms with van der Waals surface area (Å²) in [6.07, 6.45) is 1.94. The Morgan fingerprint density at radius 3 is 2.69 bits per heavy atom. The zero-order valence-corrected chi connectivity index (χ0v) is 14.9. The van der Waals surface area contributed by atoms with Gasteiger partial charge in [0.1, 0.15) is 5.75 Å². The zero-order valence-electron chi connectivity index (χ0n) is 14.1. The smallest absolute Gasteiger partial charge is 0.276 e. The van der Waals surface area contributed by atoms with E-state index in [1.165, 1.54) is 0 Å². The number of aromatic nitrogens is 1. The van der Waals surface area contributed by atoms with Crippen molar-refractivity contribution in [2.45, 2.75) is 13.3 Å². The Morgan fingerprint density at radius 2 is 1.88 bits per heavy atom. The van der Waals surface area contributed by atoms with Gasteiger partial charge in [-0.2, -0.15) is 0 Å². The molecule has 7 heteroatoms. The number of halogens is 1. The summed E-state index contributed by atoms with van der Waals surface area (Å²) < 4.78 is 5.37. The predicted octanol–water partition coefficient (Wildman–Crippen LogP) is 2.90. The highest BCUT2D eigenvalue weighted by molar-refractivity contribution is 6.31. The van der Waals surface area contributed by atoms with Crippen LogP contribution in [0.25, 0.3) is 10.9 Å². The number of rotatable bonds is 5. The van der Waals surface area contributed by atoms with Gasteiger partial charge in [0.05, 0.1) is 6.42 Å². The Kier molecular flexibility index (Phi) is 5.43. The normalized spacial score (nSPS) is 10.5. The second kappa shape index (κ2) is 7.93. The average Bonchev–Trinajstić information content (AvgIpc) is 3.04. The number of amides is 2. The maximum atomic E-state index is 12.0. The molecule has 3 N–H and O–H groups in total. The fourth-order valence-corrected chi connectivity index (χ4v) is 2.64. The molecule has 1 aromatic heterocycles. The van der Waals surface area contributed by atoms with Crippen LogP contribution in [0, 0.1) is 6.92 Å². The number of fused-ring (bicyclic) bond motifs is 1. The second-order valence-electron chi connectivity index (χ2n) is 5.83. The number of hydrogen-bond donors (Lipinski definition) is 3. The number of ether oxygens (including phenoxy) is 1. The lowest BCUT2D eigenvalue weighted by Crippen LogP contribution is -2.44. The first-order chi connectivity index (χ1) is 12.5. The minimum absolute atomic E-state index is 0.154. The van der Waals surface area contributed by atoms with E-state index in [1.54, 1.807) is 24.4 Å². The molecule has 0 fully saturated rings. The minimum atomic E-state index is -0.454. The van der Waals surface area contributed by atoms with Crippen LogP contribution in [-0.4, -0.2) is 23.4 Å². The van der Waals surface area contributed by atoms with E-state index >= 15 is 0 Å². The van der Waals surface area contributed by atoms with Gasteiger partial charge in [-0.15, -0.1) is 0 Å². The van der Waals surface area contributed by atoms with Crippen LogP contribution >= 0.6 is 11.6 Å². The quantitative estimate of drug-likeness (QED) is 0.603. The lowest BCUT2D eigenvalue weighted by molar-refractivity contribution is -0.129. The van der Waals surface area contributed by atoms with Crippen LogP contribution in [0.15, 0.2) is 48.7 Å². The number of H-pyrrole nitrogens is 1. The van der Waals surface area contributed by atoms with E-state index < -0.39 is 5.91 Å². The van der Waals surface area contributed by atoms with Crippen molar-refractivity contribution in [1.29, 1.82) is 0 Å². The Hall–Kier alpha value is -2.99. The standard InChI is InChI=1S/C19H18ClN3O3/c1-12-8-14(6-7-16(12)20)26-11-19(25)23-22-18(24)9-13-10-21-17-5-3-2-4-15(13)17/h2-8,10,21H,9,11H2,1H3,(H,22,24)(H,23,25). The Bertz CT molecular complexity index is 952. The molecule has 0 aliphatic rings. The molecule has 0 atom stereocenters. The van der Waals surface area contributed by atoms with Gasteiger partial charge in [0.25, 0.3) is 5.91 Å². The summed E-state index contributed by atoms with van der Waals surface area (Å²) in [4.78, 5) is 26.9. The van der Waals surface area contributed by atoms with E-state index in [0.29, 0.717) is 10.8 Å². The number of carbonyl (C=O) groups is 2. The third-order valence-corrected chi connectivity index (χ3v) is 4.29. The average molecular weight is 372 g/mol. The van der Waals surface area contributed by atoms with Crippen molar-refractivity contribution in [3.63, 3.8) is 0 Å². The van der Waals surface area contributed by atoms with Crippen LogP contribution in [-0.2, 0) is 16.0 Å². The van der Waals surface area contributed by atoms with Gasteiger partial charge in [-0.1, -0.05) is 29.8 Å². The summed E-state index contributed by atoms with van der Waals surface area (Å²) in [6, 6.07) is 12.8. The van der Waals surface area contributed by atoms with Crippen molar-refractivity contribution in [2.75, 3.05) is 6.61 Å². The molecule has 26 heavy (non-hydrogen) atoms. The number of para-hydroxylation sites is 1. The van der Waals surface area contributed by atoms with Gasteiger partial charge >= 0.3 is 0 Å². The van der Waals surface area contributed by atoms with Crippen molar-refractivity contribution in [2.24, 2.45) is 0 Å². The fraction of sp³-hybridized carbons (Fsp3) is 0.158. The monoisotopic (exact) mass is 371 g/mol. The van der Waals surface area contributed by atoms with E-state index in [0.717, 1.165) is 22.0 Å². The highest BCUT2D eigenvalue weighted by atomic mass is 35.5. The first-order valence-electron chi connectivity index (χ1n) is 8.04. The molecule has 0 radical (unpaired) electrons. The maximum absolute atomic E-state index is 12.0. The molecule has 0 unspecified atom stereocenters. The number of hydrazine groups is 1. The third kappa shape index (κ3) is 4.34. The summed E-state index contributed by atoms with van der Waals surface area (Å²) >= 11 is 5.94. The number of hydrogen-bond acceptors (Lipinski definition) is 3. The van der Waals surface area contributed by atoms with Gasteiger partial charge < -0.3 is 9.72 Å². The van der Waals surface area contributed by atoms with Crippen LogP contribution in [0.1, 0.15) is 11.1 Å². The van der Waals surface area contributed by atoms with Gasteiger partial charge in [-0.25, -0.2) is 0 Å². The van der Waals surface area contributed by atoms with Crippen LogP contribution in [0.3, 0.4) is 0 Å². The highest BCUT2D eigenvalue weighted by Gasteiger charge is 2.10. The van der Waals surface area contributed by atoms with Crippen LogP contribution < -0.4 is 15.6 Å². The molecular weight excluding hydrogens is 354 g/mol.